The Morgan fingerprint density at radius 1 is 0.551 bits per heavy atom. The molecule has 3 heterocycles. The van der Waals surface area contributed by atoms with E-state index >= 15 is 0 Å². The Bertz CT molecular complexity index is 2840. The summed E-state index contributed by atoms with van der Waals surface area (Å²) in [7, 11) is 0. The molecule has 8 rings (SSSR count). The number of nitriles is 2. The Hall–Kier alpha value is -5.69. The van der Waals surface area contributed by atoms with Gasteiger partial charge in [-0.2, -0.15) is 10.5 Å². The summed E-state index contributed by atoms with van der Waals surface area (Å²) in [5.74, 6) is 0. The number of hydrogen-bond acceptors (Lipinski definition) is 4. The van der Waals surface area contributed by atoms with Crippen LogP contribution < -0.4 is 4.74 Å². The van der Waals surface area contributed by atoms with Crippen LogP contribution in [0.3, 0.4) is 0 Å². The van der Waals surface area contributed by atoms with Gasteiger partial charge in [0.05, 0.1) is 43.7 Å². The van der Waals surface area contributed by atoms with Crippen LogP contribution in [0.4, 0.5) is 0 Å². The lowest BCUT2D eigenvalue weighted by atomic mass is 9.86. The third kappa shape index (κ3) is 4.52. The maximum atomic E-state index is 13.6. The molecular formula is C43H34N4OS. The number of para-hydroxylation sites is 2. The largest absolute Gasteiger partial charge is 0.309 e. The zero-order chi connectivity index (χ0) is 34.4. The van der Waals surface area contributed by atoms with Crippen LogP contribution in [0.15, 0.2) is 102 Å². The molecule has 6 heteroatoms. The fraction of sp³-hybridized carbons (Fsp3) is 0.186. The van der Waals surface area contributed by atoms with Crippen molar-refractivity contribution in [1.82, 2.24) is 9.13 Å². The van der Waals surface area contributed by atoms with E-state index in [4.69, 9.17) is 0 Å². The summed E-state index contributed by atoms with van der Waals surface area (Å²) >= 11 is 1.04. The van der Waals surface area contributed by atoms with Gasteiger partial charge < -0.3 is 9.13 Å². The fourth-order valence-corrected chi connectivity index (χ4v) is 8.26. The van der Waals surface area contributed by atoms with Gasteiger partial charge in [0.15, 0.2) is 0 Å². The molecular weight excluding hydrogens is 621 g/mol. The standard InChI is InChI=1S/C43H34N4OS/c1-42(2,3)25-15-17-35-29(21-25)27-11-7-9-13-33(27)46(35)37-19-20-38(40-39(37)31(23-44)32(24-45)41(48)49-40)47-34-14-10-8-12-28(34)30-22-26(43(4,5)6)16-18-36(30)47/h7-22H,1-6H3. The van der Waals surface area contributed by atoms with Gasteiger partial charge >= 0.3 is 0 Å². The lowest BCUT2D eigenvalue weighted by Crippen LogP contribution is -2.11. The first-order valence-electron chi connectivity index (χ1n) is 16.4. The molecule has 5 aromatic carbocycles. The molecule has 0 unspecified atom stereocenters. The van der Waals surface area contributed by atoms with Crippen molar-refractivity contribution in [2.45, 2.75) is 52.4 Å². The van der Waals surface area contributed by atoms with Gasteiger partial charge in [-0.1, -0.05) is 101 Å². The van der Waals surface area contributed by atoms with Gasteiger partial charge in [0.1, 0.15) is 17.7 Å². The molecule has 0 saturated heterocycles. The van der Waals surface area contributed by atoms with E-state index < -0.39 is 4.74 Å². The smallest absolute Gasteiger partial charge is 0.252 e. The molecule has 3 aromatic heterocycles. The molecule has 8 aromatic rings. The van der Waals surface area contributed by atoms with Crippen LogP contribution in [0.2, 0.25) is 0 Å². The molecule has 0 saturated carbocycles. The van der Waals surface area contributed by atoms with Crippen molar-refractivity contribution in [2.24, 2.45) is 0 Å². The van der Waals surface area contributed by atoms with E-state index in [1.54, 1.807) is 0 Å². The maximum absolute atomic E-state index is 13.6. The Labute approximate surface area is 288 Å². The van der Waals surface area contributed by atoms with Gasteiger partial charge in [-0.25, -0.2) is 0 Å². The zero-order valence-corrected chi connectivity index (χ0v) is 29.2. The molecule has 238 valence electrons. The van der Waals surface area contributed by atoms with Crippen molar-refractivity contribution in [3.8, 4) is 23.5 Å². The Balaban J connectivity index is 1.54. The molecule has 0 aliphatic carbocycles. The molecule has 0 atom stereocenters. The van der Waals surface area contributed by atoms with Crippen LogP contribution in [-0.2, 0) is 10.8 Å². The average Bonchev–Trinajstić information content (AvgIpc) is 3.58. The summed E-state index contributed by atoms with van der Waals surface area (Å²) in [6.07, 6.45) is 0. The highest BCUT2D eigenvalue weighted by Gasteiger charge is 2.25. The molecule has 0 amide bonds. The van der Waals surface area contributed by atoms with Crippen LogP contribution >= 0.6 is 11.3 Å². The zero-order valence-electron chi connectivity index (χ0n) is 28.3. The topological polar surface area (TPSA) is 74.5 Å². The quantitative estimate of drug-likeness (QED) is 0.186. The van der Waals surface area contributed by atoms with Gasteiger partial charge in [0, 0.05) is 26.9 Å². The summed E-state index contributed by atoms with van der Waals surface area (Å²) in [5, 5.41) is 25.9. The van der Waals surface area contributed by atoms with Gasteiger partial charge in [-0.15, -0.1) is 0 Å². The SMILES string of the molecule is CC(C)(C)c1ccc2c(c1)c1ccccc1n2-c1ccc(-n2c3ccccc3c3cc(C(C)(C)C)ccc32)c2c(C#N)c(C#N)c(=O)sc12. The first-order valence-corrected chi connectivity index (χ1v) is 17.3. The van der Waals surface area contributed by atoms with Crippen LogP contribution in [0.25, 0.3) is 65.1 Å². The number of aromatic nitrogens is 2. The van der Waals surface area contributed by atoms with Crippen molar-refractivity contribution >= 4 is 65.0 Å². The second kappa shape index (κ2) is 10.7. The van der Waals surface area contributed by atoms with Crippen LogP contribution in [0, 0.1) is 22.7 Å². The molecule has 0 N–H and O–H groups in total. The predicted octanol–water partition coefficient (Wildman–Crippen LogP) is 10.8. The predicted molar refractivity (Wildman–Crippen MR) is 204 cm³/mol. The summed E-state index contributed by atoms with van der Waals surface area (Å²) in [6, 6.07) is 38.3. The van der Waals surface area contributed by atoms with Crippen molar-refractivity contribution in [1.29, 1.82) is 10.5 Å². The molecule has 0 bridgehead atoms. The molecule has 0 fully saturated rings. The lowest BCUT2D eigenvalue weighted by Gasteiger charge is -2.20. The highest BCUT2D eigenvalue weighted by Crippen LogP contribution is 2.42. The Kier molecular flexibility index (Phi) is 6.66. The molecule has 5 nitrogen and oxygen atoms in total. The van der Waals surface area contributed by atoms with Gasteiger partial charge in [0.25, 0.3) is 4.74 Å². The van der Waals surface area contributed by atoms with Crippen molar-refractivity contribution in [2.75, 3.05) is 0 Å². The van der Waals surface area contributed by atoms with E-state index in [-0.39, 0.29) is 22.0 Å². The molecule has 0 radical (unpaired) electrons. The highest BCUT2D eigenvalue weighted by molar-refractivity contribution is 7.17. The second-order valence-electron chi connectivity index (χ2n) is 14.8. The van der Waals surface area contributed by atoms with Crippen LogP contribution in [0.5, 0.6) is 0 Å². The summed E-state index contributed by atoms with van der Waals surface area (Å²) < 4.78 is 4.63. The maximum Gasteiger partial charge on any atom is 0.252 e. The highest BCUT2D eigenvalue weighted by atomic mass is 32.1. The van der Waals surface area contributed by atoms with Crippen molar-refractivity contribution in [3.63, 3.8) is 0 Å². The minimum absolute atomic E-state index is 0.0311. The van der Waals surface area contributed by atoms with E-state index in [1.807, 2.05) is 24.3 Å². The van der Waals surface area contributed by atoms with E-state index in [9.17, 15) is 15.3 Å². The van der Waals surface area contributed by atoms with Crippen molar-refractivity contribution < 1.29 is 0 Å². The van der Waals surface area contributed by atoms with Crippen LogP contribution in [-0.4, -0.2) is 9.13 Å². The van der Waals surface area contributed by atoms with Gasteiger partial charge in [0.2, 0.25) is 0 Å². The summed E-state index contributed by atoms with van der Waals surface area (Å²) in [6.45, 7) is 13.3. The Morgan fingerprint density at radius 3 is 1.49 bits per heavy atom. The molecule has 0 spiro atoms. The van der Waals surface area contributed by atoms with Gasteiger partial charge in [-0.3, -0.25) is 4.79 Å². The number of hydrogen-bond donors (Lipinski definition) is 0. The van der Waals surface area contributed by atoms with E-state index in [0.717, 1.165) is 66.3 Å². The normalized spacial score (nSPS) is 12.3. The minimum Gasteiger partial charge on any atom is -0.309 e. The monoisotopic (exact) mass is 654 g/mol. The first kappa shape index (κ1) is 30.6. The van der Waals surface area contributed by atoms with Crippen LogP contribution in [0.1, 0.15) is 63.8 Å². The minimum atomic E-state index is -0.419. The number of nitrogens with zero attached hydrogens (tertiary/aromatic N) is 4. The fourth-order valence-electron chi connectivity index (χ4n) is 7.25. The molecule has 0 aliphatic rings. The number of rotatable bonds is 2. The Morgan fingerprint density at radius 2 is 1.00 bits per heavy atom. The number of fused-ring (bicyclic) bond motifs is 7. The van der Waals surface area contributed by atoms with Crippen molar-refractivity contribution in [3.05, 3.63) is 129 Å². The third-order valence-corrected chi connectivity index (χ3v) is 10.8. The number of benzene rings is 5. The second-order valence-corrected chi connectivity index (χ2v) is 15.8. The van der Waals surface area contributed by atoms with E-state index in [2.05, 4.69) is 136 Å². The van der Waals surface area contributed by atoms with E-state index in [0.29, 0.717) is 10.1 Å². The molecule has 49 heavy (non-hydrogen) atoms. The third-order valence-electron chi connectivity index (χ3n) is 9.80. The summed E-state index contributed by atoms with van der Waals surface area (Å²) in [4.78, 5) is 13.6. The molecule has 0 aliphatic heterocycles. The average molecular weight is 655 g/mol. The first-order chi connectivity index (χ1) is 23.4. The van der Waals surface area contributed by atoms with E-state index in [1.165, 1.54) is 11.1 Å². The lowest BCUT2D eigenvalue weighted by molar-refractivity contribution is 0.591. The summed E-state index contributed by atoms with van der Waals surface area (Å²) in [5.41, 5.74) is 7.93. The van der Waals surface area contributed by atoms with Gasteiger partial charge in [-0.05, 0) is 70.5 Å².